The molecule has 0 unspecified atom stereocenters. The molecule has 0 aliphatic carbocycles. The van der Waals surface area contributed by atoms with Crippen LogP contribution in [0.2, 0.25) is 0 Å². The van der Waals surface area contributed by atoms with Crippen LogP contribution < -0.4 is 16.4 Å². The molecule has 2 aromatic rings. The number of benzene rings is 2. The highest BCUT2D eigenvalue weighted by Gasteiger charge is 2.25. The Morgan fingerprint density at radius 2 is 1.63 bits per heavy atom. The Kier molecular flexibility index (Phi) is 8.67. The van der Waals surface area contributed by atoms with Crippen LogP contribution in [0, 0.1) is 5.82 Å². The molecule has 0 fully saturated rings. The Balaban J connectivity index is 2.03. The molecule has 0 saturated carbocycles. The van der Waals surface area contributed by atoms with E-state index in [2.05, 4.69) is 10.6 Å². The van der Waals surface area contributed by atoms with Crippen molar-refractivity contribution in [3.63, 3.8) is 0 Å². The lowest BCUT2D eigenvalue weighted by Gasteiger charge is -2.21. The van der Waals surface area contributed by atoms with Crippen LogP contribution in [-0.2, 0) is 31.6 Å². The van der Waals surface area contributed by atoms with E-state index in [1.165, 1.54) is 31.2 Å². The molecule has 2 aromatic carbocycles. The van der Waals surface area contributed by atoms with Gasteiger partial charge in [-0.15, -0.1) is 0 Å². The second-order valence-corrected chi connectivity index (χ2v) is 8.27. The van der Waals surface area contributed by atoms with Gasteiger partial charge in [-0.25, -0.2) is 4.39 Å². The van der Waals surface area contributed by atoms with Crippen LogP contribution >= 0.6 is 0 Å². The van der Waals surface area contributed by atoms with Gasteiger partial charge in [0.1, 0.15) is 17.9 Å². The SMILES string of the molecule is CC(=O)N[C@H](Cc1ccc(F)cc1)C(=O)N[C@@H](CC[S@](=O)c1ccccc1)C(N)=O. The monoisotopic (exact) mass is 433 g/mol. The average Bonchev–Trinajstić information content (AvgIpc) is 2.71. The summed E-state index contributed by atoms with van der Waals surface area (Å²) in [6, 6.07) is 12.2. The number of halogens is 1. The number of carbonyl (C=O) groups is 3. The Morgan fingerprint density at radius 3 is 2.20 bits per heavy atom. The Bertz CT molecular complexity index is 906. The van der Waals surface area contributed by atoms with Gasteiger partial charge in [-0.2, -0.15) is 0 Å². The third-order valence-electron chi connectivity index (χ3n) is 4.31. The smallest absolute Gasteiger partial charge is 0.243 e. The number of rotatable bonds is 10. The van der Waals surface area contributed by atoms with Gasteiger partial charge >= 0.3 is 0 Å². The minimum atomic E-state index is -1.35. The second-order valence-electron chi connectivity index (χ2n) is 6.70. The zero-order chi connectivity index (χ0) is 22.1. The first-order valence-corrected chi connectivity index (χ1v) is 10.6. The van der Waals surface area contributed by atoms with Gasteiger partial charge in [0.25, 0.3) is 0 Å². The highest BCUT2D eigenvalue weighted by molar-refractivity contribution is 7.85. The summed E-state index contributed by atoms with van der Waals surface area (Å²) in [6.07, 6.45) is 0.180. The van der Waals surface area contributed by atoms with Gasteiger partial charge in [0.2, 0.25) is 17.7 Å². The van der Waals surface area contributed by atoms with Crippen LogP contribution in [0.25, 0.3) is 0 Å². The summed E-state index contributed by atoms with van der Waals surface area (Å²) in [7, 11) is -1.35. The normalized spacial score (nSPS) is 13.7. The molecule has 3 amide bonds. The van der Waals surface area contributed by atoms with Gasteiger partial charge in [-0.05, 0) is 36.2 Å². The molecule has 0 heterocycles. The molecule has 9 heteroatoms. The molecule has 2 rings (SSSR count). The van der Waals surface area contributed by atoms with E-state index >= 15 is 0 Å². The molecule has 0 aliphatic heterocycles. The molecule has 0 radical (unpaired) electrons. The van der Waals surface area contributed by atoms with Crippen LogP contribution in [0.4, 0.5) is 4.39 Å². The molecule has 0 bridgehead atoms. The third-order valence-corrected chi connectivity index (χ3v) is 5.71. The van der Waals surface area contributed by atoms with Crippen LogP contribution in [0.3, 0.4) is 0 Å². The molecule has 160 valence electrons. The standard InChI is InChI=1S/C21H24FN3O4S/c1-14(26)24-19(13-15-7-9-16(22)10-8-15)21(28)25-18(20(23)27)11-12-30(29)17-5-3-2-4-6-17/h2-10,18-19H,11-13H2,1H3,(H2,23,27)(H,24,26)(H,25,28)/t18-,19+,30-/m0/s1. The summed E-state index contributed by atoms with van der Waals surface area (Å²) in [5.41, 5.74) is 6.03. The van der Waals surface area contributed by atoms with Gasteiger partial charge in [0, 0.05) is 24.0 Å². The second kappa shape index (κ2) is 11.2. The summed E-state index contributed by atoms with van der Waals surface area (Å²) in [5, 5.41) is 5.04. The van der Waals surface area contributed by atoms with Crippen LogP contribution in [-0.4, -0.2) is 39.8 Å². The van der Waals surface area contributed by atoms with Crippen LogP contribution in [0.5, 0.6) is 0 Å². The molecule has 30 heavy (non-hydrogen) atoms. The lowest BCUT2D eigenvalue weighted by molar-refractivity contribution is -0.130. The number of nitrogens with one attached hydrogen (secondary N) is 2. The van der Waals surface area contributed by atoms with Crippen molar-refractivity contribution >= 4 is 28.5 Å². The summed E-state index contributed by atoms with van der Waals surface area (Å²) < 4.78 is 25.5. The fourth-order valence-corrected chi connectivity index (χ4v) is 3.93. The van der Waals surface area contributed by atoms with Crippen LogP contribution in [0.1, 0.15) is 18.9 Å². The molecular formula is C21H24FN3O4S. The van der Waals surface area contributed by atoms with Crippen molar-refractivity contribution in [2.75, 3.05) is 5.75 Å². The number of carbonyl (C=O) groups excluding carboxylic acids is 3. The van der Waals surface area contributed by atoms with Crippen molar-refractivity contribution in [1.82, 2.24) is 10.6 Å². The summed E-state index contributed by atoms with van der Waals surface area (Å²) in [6.45, 7) is 1.26. The average molecular weight is 434 g/mol. The van der Waals surface area contributed by atoms with Gasteiger partial charge in [-0.3, -0.25) is 18.6 Å². The van der Waals surface area contributed by atoms with E-state index in [0.717, 1.165) is 0 Å². The quantitative estimate of drug-likeness (QED) is 0.519. The largest absolute Gasteiger partial charge is 0.368 e. The summed E-state index contributed by atoms with van der Waals surface area (Å²) in [5.74, 6) is -2.10. The van der Waals surface area contributed by atoms with Gasteiger partial charge in [0.05, 0.1) is 10.8 Å². The molecular weight excluding hydrogens is 409 g/mol. The molecule has 7 nitrogen and oxygen atoms in total. The zero-order valence-electron chi connectivity index (χ0n) is 16.5. The fourth-order valence-electron chi connectivity index (χ4n) is 2.78. The minimum absolute atomic E-state index is 0.0753. The first-order chi connectivity index (χ1) is 14.3. The molecule has 0 saturated heterocycles. The Morgan fingerprint density at radius 1 is 1.00 bits per heavy atom. The zero-order valence-corrected chi connectivity index (χ0v) is 17.3. The number of nitrogens with two attached hydrogens (primary N) is 1. The molecule has 3 atom stereocenters. The maximum Gasteiger partial charge on any atom is 0.243 e. The maximum absolute atomic E-state index is 13.1. The van der Waals surface area contributed by atoms with Crippen molar-refractivity contribution in [3.8, 4) is 0 Å². The molecule has 0 aliphatic rings. The molecule has 0 spiro atoms. The van der Waals surface area contributed by atoms with E-state index in [1.54, 1.807) is 30.3 Å². The van der Waals surface area contributed by atoms with E-state index in [0.29, 0.717) is 10.5 Å². The number of amides is 3. The third kappa shape index (κ3) is 7.40. The predicted octanol–water partition coefficient (Wildman–Crippen LogP) is 1.04. The van der Waals surface area contributed by atoms with Gasteiger partial charge in [-0.1, -0.05) is 30.3 Å². The number of primary amides is 1. The predicted molar refractivity (Wildman–Crippen MR) is 111 cm³/mol. The lowest BCUT2D eigenvalue weighted by atomic mass is 10.0. The lowest BCUT2D eigenvalue weighted by Crippen LogP contribution is -2.53. The van der Waals surface area contributed by atoms with Crippen molar-refractivity contribution < 1.29 is 23.0 Å². The van der Waals surface area contributed by atoms with E-state index in [-0.39, 0.29) is 18.6 Å². The van der Waals surface area contributed by atoms with Crippen molar-refractivity contribution in [2.24, 2.45) is 5.73 Å². The first-order valence-electron chi connectivity index (χ1n) is 9.31. The molecule has 0 aromatic heterocycles. The highest BCUT2D eigenvalue weighted by atomic mass is 32.2. The van der Waals surface area contributed by atoms with E-state index in [4.69, 9.17) is 5.73 Å². The van der Waals surface area contributed by atoms with E-state index in [9.17, 15) is 23.0 Å². The van der Waals surface area contributed by atoms with Crippen molar-refractivity contribution in [1.29, 1.82) is 0 Å². The van der Waals surface area contributed by atoms with Gasteiger partial charge < -0.3 is 16.4 Å². The van der Waals surface area contributed by atoms with Crippen molar-refractivity contribution in [3.05, 3.63) is 66.0 Å². The van der Waals surface area contributed by atoms with E-state index < -0.39 is 46.4 Å². The number of hydrogen-bond donors (Lipinski definition) is 3. The Labute approximate surface area is 176 Å². The van der Waals surface area contributed by atoms with Gasteiger partial charge in [0.15, 0.2) is 0 Å². The Hall–Kier alpha value is -3.07. The topological polar surface area (TPSA) is 118 Å². The molecule has 4 N–H and O–H groups in total. The summed E-state index contributed by atoms with van der Waals surface area (Å²) in [4.78, 5) is 36.6. The maximum atomic E-state index is 13.1. The van der Waals surface area contributed by atoms with Crippen LogP contribution in [0.15, 0.2) is 59.5 Å². The first kappa shape index (κ1) is 23.2. The number of hydrogen-bond acceptors (Lipinski definition) is 4. The fraction of sp³-hybridized carbons (Fsp3) is 0.286. The summed E-state index contributed by atoms with van der Waals surface area (Å²) >= 11 is 0. The minimum Gasteiger partial charge on any atom is -0.368 e. The highest BCUT2D eigenvalue weighted by Crippen LogP contribution is 2.09. The van der Waals surface area contributed by atoms with Crippen molar-refractivity contribution in [2.45, 2.75) is 36.7 Å². The van der Waals surface area contributed by atoms with E-state index in [1.807, 2.05) is 0 Å².